The number of amides is 1. The van der Waals surface area contributed by atoms with Gasteiger partial charge >= 0.3 is 0 Å². The van der Waals surface area contributed by atoms with E-state index in [1.807, 2.05) is 0 Å². The highest BCUT2D eigenvalue weighted by atomic mass is 35.5. The van der Waals surface area contributed by atoms with E-state index >= 15 is 0 Å². The average Bonchev–Trinajstić information content (AvgIpc) is 2.70. The van der Waals surface area contributed by atoms with E-state index in [-0.39, 0.29) is 23.8 Å². The summed E-state index contributed by atoms with van der Waals surface area (Å²) >= 11 is 11.9. The molecule has 1 aromatic carbocycles. The number of amidine groups is 1. The van der Waals surface area contributed by atoms with Crippen LogP contribution in [0, 0.1) is 5.92 Å². The molecule has 1 heterocycles. The van der Waals surface area contributed by atoms with Crippen LogP contribution in [0.15, 0.2) is 41.6 Å². The fraction of sp³-hybridized carbons (Fsp3) is 0.316. The van der Waals surface area contributed by atoms with E-state index in [0.717, 1.165) is 25.7 Å². The van der Waals surface area contributed by atoms with Crippen LogP contribution >= 0.6 is 23.2 Å². The predicted octanol–water partition coefficient (Wildman–Crippen LogP) is 3.54. The molecule has 148 valence electrons. The van der Waals surface area contributed by atoms with E-state index < -0.39 is 0 Å². The topological polar surface area (TPSA) is 116 Å². The van der Waals surface area contributed by atoms with Crippen LogP contribution in [0.25, 0.3) is 0 Å². The number of nitrogens with two attached hydrogens (primary N) is 2. The molecule has 28 heavy (non-hydrogen) atoms. The van der Waals surface area contributed by atoms with E-state index in [9.17, 15) is 4.79 Å². The first kappa shape index (κ1) is 20.2. The Hall–Kier alpha value is -2.51. The Morgan fingerprint density at radius 2 is 1.86 bits per heavy atom. The van der Waals surface area contributed by atoms with Gasteiger partial charge in [0.05, 0.1) is 5.02 Å². The van der Waals surface area contributed by atoms with Crippen LogP contribution in [0.1, 0.15) is 31.2 Å². The third kappa shape index (κ3) is 5.05. The van der Waals surface area contributed by atoms with Crippen molar-refractivity contribution >= 4 is 40.6 Å². The molecular weight excluding hydrogens is 401 g/mol. The van der Waals surface area contributed by atoms with Crippen LogP contribution < -0.4 is 21.6 Å². The van der Waals surface area contributed by atoms with Gasteiger partial charge in [-0.25, -0.2) is 4.98 Å². The maximum Gasteiger partial charge on any atom is 0.232 e. The van der Waals surface area contributed by atoms with Crippen molar-refractivity contribution in [3.8, 4) is 5.88 Å². The quantitative estimate of drug-likeness (QED) is 0.295. The predicted molar refractivity (Wildman–Crippen MR) is 111 cm³/mol. The monoisotopic (exact) mass is 421 g/mol. The van der Waals surface area contributed by atoms with Crippen molar-refractivity contribution in [1.82, 2.24) is 4.98 Å². The average molecular weight is 422 g/mol. The number of benzene rings is 1. The molecule has 2 aromatic rings. The van der Waals surface area contributed by atoms with Gasteiger partial charge in [-0.3, -0.25) is 4.79 Å². The zero-order chi connectivity index (χ0) is 20.1. The Kier molecular flexibility index (Phi) is 6.59. The second-order valence-corrected chi connectivity index (χ2v) is 7.46. The Balaban J connectivity index is 1.51. The second kappa shape index (κ2) is 9.12. The molecule has 7 nitrogen and oxygen atoms in total. The smallest absolute Gasteiger partial charge is 0.232 e. The molecular formula is C19H21Cl2N5O2. The maximum absolute atomic E-state index is 12.5. The molecule has 1 aliphatic rings. The molecule has 0 atom stereocenters. The number of ether oxygens (including phenoxy) is 1. The van der Waals surface area contributed by atoms with Crippen molar-refractivity contribution < 1.29 is 9.53 Å². The van der Waals surface area contributed by atoms with Gasteiger partial charge in [0.2, 0.25) is 11.8 Å². The fourth-order valence-corrected chi connectivity index (χ4v) is 3.56. The lowest BCUT2D eigenvalue weighted by molar-refractivity contribution is -0.121. The van der Waals surface area contributed by atoms with Crippen molar-refractivity contribution in [1.29, 1.82) is 0 Å². The van der Waals surface area contributed by atoms with E-state index in [1.165, 1.54) is 6.20 Å². The SMILES string of the molecule is N/N=C(\N)c1ccc(NC(=O)C2CCC(Oc3ncc(Cl)cc3Cl)CC2)cc1. The molecule has 3 rings (SSSR count). The normalized spacial score (nSPS) is 19.9. The summed E-state index contributed by atoms with van der Waals surface area (Å²) in [5, 5.41) is 7.23. The lowest BCUT2D eigenvalue weighted by Crippen LogP contribution is -2.31. The van der Waals surface area contributed by atoms with Crippen molar-refractivity contribution in [3.05, 3.63) is 52.1 Å². The van der Waals surface area contributed by atoms with Crippen LogP contribution in [0.3, 0.4) is 0 Å². The van der Waals surface area contributed by atoms with E-state index in [1.54, 1.807) is 30.3 Å². The number of nitrogens with zero attached hydrogens (tertiary/aromatic N) is 2. The zero-order valence-corrected chi connectivity index (χ0v) is 16.6. The molecule has 1 saturated carbocycles. The molecule has 1 amide bonds. The van der Waals surface area contributed by atoms with Crippen LogP contribution in [-0.2, 0) is 4.79 Å². The third-order valence-corrected chi connectivity index (χ3v) is 5.16. The molecule has 1 aromatic heterocycles. The minimum atomic E-state index is -0.0659. The summed E-state index contributed by atoms with van der Waals surface area (Å²) in [5.74, 6) is 5.71. The van der Waals surface area contributed by atoms with Gasteiger partial charge in [-0.2, -0.15) is 5.10 Å². The standard InChI is InChI=1S/C19H21Cl2N5O2/c20-13-9-16(21)19(24-10-13)28-15-7-3-12(4-8-15)18(27)25-14-5-1-11(2-6-14)17(22)26-23/h1-2,5-6,9-10,12,15H,3-4,7-8,23H2,(H2,22,26)(H,25,27). The van der Waals surface area contributed by atoms with Gasteiger partial charge in [-0.05, 0) is 56.0 Å². The highest BCUT2D eigenvalue weighted by Gasteiger charge is 2.28. The number of anilines is 1. The molecule has 1 fully saturated rings. The molecule has 0 unspecified atom stereocenters. The zero-order valence-electron chi connectivity index (χ0n) is 15.1. The number of pyridine rings is 1. The first-order valence-corrected chi connectivity index (χ1v) is 9.64. The van der Waals surface area contributed by atoms with Crippen LogP contribution in [0.5, 0.6) is 5.88 Å². The fourth-order valence-electron chi connectivity index (χ4n) is 3.13. The largest absolute Gasteiger partial charge is 0.473 e. The molecule has 0 aliphatic heterocycles. The van der Waals surface area contributed by atoms with Crippen LogP contribution in [0.4, 0.5) is 5.69 Å². The van der Waals surface area contributed by atoms with Gasteiger partial charge in [-0.1, -0.05) is 23.2 Å². The number of carbonyl (C=O) groups excluding carboxylic acids is 1. The molecule has 9 heteroatoms. The highest BCUT2D eigenvalue weighted by molar-refractivity contribution is 6.35. The summed E-state index contributed by atoms with van der Waals surface area (Å²) in [7, 11) is 0. The number of hydrogen-bond donors (Lipinski definition) is 3. The van der Waals surface area contributed by atoms with Crippen molar-refractivity contribution in [3.63, 3.8) is 0 Å². The van der Waals surface area contributed by atoms with E-state index in [2.05, 4.69) is 15.4 Å². The summed E-state index contributed by atoms with van der Waals surface area (Å²) in [4.78, 5) is 16.6. The first-order valence-electron chi connectivity index (χ1n) is 8.88. The molecule has 1 aliphatic carbocycles. The second-order valence-electron chi connectivity index (χ2n) is 6.61. The molecule has 0 spiro atoms. The number of hydrogen-bond acceptors (Lipinski definition) is 5. The minimum Gasteiger partial charge on any atom is -0.473 e. The number of aromatic nitrogens is 1. The first-order chi connectivity index (χ1) is 13.5. The van der Waals surface area contributed by atoms with Gasteiger partial charge < -0.3 is 21.6 Å². The van der Waals surface area contributed by atoms with E-state index in [4.69, 9.17) is 39.5 Å². The van der Waals surface area contributed by atoms with Crippen LogP contribution in [0.2, 0.25) is 10.0 Å². The number of nitrogens with one attached hydrogen (secondary N) is 1. The van der Waals surface area contributed by atoms with Crippen LogP contribution in [-0.4, -0.2) is 22.8 Å². The maximum atomic E-state index is 12.5. The lowest BCUT2D eigenvalue weighted by atomic mass is 9.86. The number of hydrazone groups is 1. The van der Waals surface area contributed by atoms with Gasteiger partial charge in [0.15, 0.2) is 0 Å². The molecule has 0 bridgehead atoms. The number of halogens is 2. The van der Waals surface area contributed by atoms with Crippen molar-refractivity contribution in [2.24, 2.45) is 22.6 Å². The summed E-state index contributed by atoms with van der Waals surface area (Å²) < 4.78 is 5.87. The minimum absolute atomic E-state index is 0.00526. The Labute approximate surface area is 173 Å². The Morgan fingerprint density at radius 1 is 1.18 bits per heavy atom. The Bertz CT molecular complexity index is 865. The Morgan fingerprint density at radius 3 is 2.46 bits per heavy atom. The summed E-state index contributed by atoms with van der Waals surface area (Å²) in [5.41, 5.74) is 7.06. The van der Waals surface area contributed by atoms with Gasteiger partial charge in [-0.15, -0.1) is 0 Å². The van der Waals surface area contributed by atoms with Gasteiger partial charge in [0, 0.05) is 23.4 Å². The number of carbonyl (C=O) groups is 1. The number of rotatable bonds is 5. The van der Waals surface area contributed by atoms with Crippen molar-refractivity contribution in [2.45, 2.75) is 31.8 Å². The highest BCUT2D eigenvalue weighted by Crippen LogP contribution is 2.31. The van der Waals surface area contributed by atoms with Crippen molar-refractivity contribution in [2.75, 3.05) is 5.32 Å². The molecule has 0 saturated heterocycles. The van der Waals surface area contributed by atoms with Gasteiger partial charge in [0.1, 0.15) is 17.0 Å². The summed E-state index contributed by atoms with van der Waals surface area (Å²) in [6.07, 6.45) is 4.44. The molecule has 5 N–H and O–H groups in total. The summed E-state index contributed by atoms with van der Waals surface area (Å²) in [6, 6.07) is 8.66. The lowest BCUT2D eigenvalue weighted by Gasteiger charge is -2.28. The van der Waals surface area contributed by atoms with E-state index in [0.29, 0.717) is 27.2 Å². The molecule has 0 radical (unpaired) electrons. The van der Waals surface area contributed by atoms with Gasteiger partial charge in [0.25, 0.3) is 0 Å². The summed E-state index contributed by atoms with van der Waals surface area (Å²) in [6.45, 7) is 0. The third-order valence-electron chi connectivity index (χ3n) is 4.68.